The fraction of sp³-hybridized carbons (Fsp3) is 0.429. The zero-order valence-corrected chi connectivity index (χ0v) is 18.6. The summed E-state index contributed by atoms with van der Waals surface area (Å²) in [6.07, 6.45) is -0.598. The van der Waals surface area contributed by atoms with Gasteiger partial charge in [-0.2, -0.15) is 0 Å². The molecule has 6 nitrogen and oxygen atoms in total. The molecule has 29 heavy (non-hydrogen) atoms. The van der Waals surface area contributed by atoms with Gasteiger partial charge in [0.15, 0.2) is 6.35 Å². The van der Waals surface area contributed by atoms with E-state index >= 15 is 0 Å². The molecule has 2 aromatic carbocycles. The van der Waals surface area contributed by atoms with Crippen LogP contribution in [0.3, 0.4) is 0 Å². The Morgan fingerprint density at radius 3 is 2.45 bits per heavy atom. The Hall–Kier alpha value is -1.40. The third-order valence-electron chi connectivity index (χ3n) is 4.13. The number of rotatable bonds is 11. The lowest BCUT2D eigenvalue weighted by molar-refractivity contribution is 0.170. The Morgan fingerprint density at radius 2 is 1.83 bits per heavy atom. The van der Waals surface area contributed by atoms with E-state index in [-0.39, 0.29) is 18.5 Å². The Morgan fingerprint density at radius 1 is 1.14 bits per heavy atom. The molecule has 160 valence electrons. The second-order valence-electron chi connectivity index (χ2n) is 7.29. The fourth-order valence-electron chi connectivity index (χ4n) is 2.81. The first-order valence-electron chi connectivity index (χ1n) is 9.53. The van der Waals surface area contributed by atoms with Gasteiger partial charge in [0.1, 0.15) is 5.75 Å². The summed E-state index contributed by atoms with van der Waals surface area (Å²) >= 11 is 5.96. The number of hydrogen-bond donors (Lipinski definition) is 3. The Kier molecular flexibility index (Phi) is 9.15. The van der Waals surface area contributed by atoms with Crippen LogP contribution in [0.15, 0.2) is 48.5 Å². The highest BCUT2D eigenvalue weighted by molar-refractivity contribution is 7.52. The van der Waals surface area contributed by atoms with E-state index < -0.39 is 13.7 Å². The zero-order chi connectivity index (χ0) is 21.4. The van der Waals surface area contributed by atoms with E-state index in [1.165, 1.54) is 0 Å². The molecular formula is C21H29ClNO5P. The number of aliphatic hydroxyl groups is 1. The molecule has 0 bridgehead atoms. The lowest BCUT2D eigenvalue weighted by atomic mass is 10.1. The Balaban J connectivity index is 1.79. The van der Waals surface area contributed by atoms with Crippen LogP contribution in [-0.4, -0.2) is 35.0 Å². The summed E-state index contributed by atoms with van der Waals surface area (Å²) < 4.78 is 22.2. The lowest BCUT2D eigenvalue weighted by Crippen LogP contribution is -2.32. The molecule has 0 saturated carbocycles. The van der Waals surface area contributed by atoms with Crippen molar-refractivity contribution in [2.24, 2.45) is 0 Å². The molecule has 0 spiro atoms. The molecule has 3 N–H and O–H groups in total. The predicted octanol–water partition coefficient (Wildman–Crippen LogP) is 4.54. The van der Waals surface area contributed by atoms with Crippen LogP contribution in [0.25, 0.3) is 0 Å². The van der Waals surface area contributed by atoms with E-state index in [0.717, 1.165) is 17.5 Å². The molecular weight excluding hydrogens is 413 g/mol. The monoisotopic (exact) mass is 441 g/mol. The van der Waals surface area contributed by atoms with Gasteiger partial charge < -0.3 is 24.6 Å². The van der Waals surface area contributed by atoms with Crippen LogP contribution in [0, 0.1) is 0 Å². The van der Waals surface area contributed by atoms with Gasteiger partial charge in [-0.25, -0.2) is 0 Å². The number of aliphatic hydroxyl groups excluding tert-OH is 1. The van der Waals surface area contributed by atoms with E-state index in [4.69, 9.17) is 20.9 Å². The lowest BCUT2D eigenvalue weighted by Gasteiger charge is -2.18. The molecule has 0 aliphatic heterocycles. The van der Waals surface area contributed by atoms with Gasteiger partial charge in [-0.1, -0.05) is 35.9 Å². The van der Waals surface area contributed by atoms with Gasteiger partial charge in [0.2, 0.25) is 0 Å². The second kappa shape index (κ2) is 11.1. The molecule has 0 heterocycles. The maximum Gasteiger partial charge on any atom is 0.365 e. The first kappa shape index (κ1) is 23.9. The summed E-state index contributed by atoms with van der Waals surface area (Å²) in [4.78, 5) is 9.69. The van der Waals surface area contributed by atoms with Gasteiger partial charge in [0.05, 0.1) is 12.2 Å². The number of hydrogen-bond acceptors (Lipinski definition) is 5. The molecule has 3 unspecified atom stereocenters. The van der Waals surface area contributed by atoms with E-state index in [9.17, 15) is 14.6 Å². The van der Waals surface area contributed by atoms with Crippen LogP contribution in [0.5, 0.6) is 5.75 Å². The van der Waals surface area contributed by atoms with Crippen LogP contribution in [-0.2, 0) is 15.5 Å². The van der Waals surface area contributed by atoms with Crippen molar-refractivity contribution in [1.82, 2.24) is 5.32 Å². The van der Waals surface area contributed by atoms with Crippen molar-refractivity contribution in [3.8, 4) is 5.75 Å². The quantitative estimate of drug-likeness (QED) is 0.444. The molecule has 2 aromatic rings. The molecule has 2 rings (SSSR count). The molecule has 0 radical (unpaired) electrons. The molecule has 0 fully saturated rings. The highest BCUT2D eigenvalue weighted by Crippen LogP contribution is 2.43. The van der Waals surface area contributed by atoms with Crippen LogP contribution >= 0.6 is 19.2 Å². The van der Waals surface area contributed by atoms with Crippen LogP contribution in [0.4, 0.5) is 0 Å². The molecule has 0 amide bonds. The summed E-state index contributed by atoms with van der Waals surface area (Å²) in [6, 6.07) is 14.7. The molecule has 0 saturated heterocycles. The highest BCUT2D eigenvalue weighted by Gasteiger charge is 2.22. The first-order valence-corrected chi connectivity index (χ1v) is 11.7. The maximum atomic E-state index is 11.8. The second-order valence-corrected chi connectivity index (χ2v) is 9.47. The topological polar surface area (TPSA) is 88.0 Å². The highest BCUT2D eigenvalue weighted by atomic mass is 35.5. The van der Waals surface area contributed by atoms with Gasteiger partial charge in [-0.3, -0.25) is 4.57 Å². The van der Waals surface area contributed by atoms with Crippen molar-refractivity contribution >= 4 is 19.2 Å². The van der Waals surface area contributed by atoms with Crippen molar-refractivity contribution in [1.29, 1.82) is 0 Å². The average Bonchev–Trinajstić information content (AvgIpc) is 2.64. The Labute approximate surface area is 177 Å². The average molecular weight is 442 g/mol. The van der Waals surface area contributed by atoms with Crippen molar-refractivity contribution in [3.63, 3.8) is 0 Å². The van der Waals surface area contributed by atoms with Gasteiger partial charge in [0.25, 0.3) is 0 Å². The van der Waals surface area contributed by atoms with Crippen LogP contribution < -0.4 is 10.1 Å². The summed E-state index contributed by atoms with van der Waals surface area (Å²) in [5.74, 6) is 0.507. The number of ether oxygens (including phenoxy) is 1. The summed E-state index contributed by atoms with van der Waals surface area (Å²) in [7, 11) is -3.76. The van der Waals surface area contributed by atoms with Crippen LogP contribution in [0.2, 0.25) is 5.02 Å². The molecule has 8 heteroatoms. The predicted molar refractivity (Wildman–Crippen MR) is 116 cm³/mol. The standard InChI is InChI=1S/C21H29ClNO5P/c1-15(2)28-29(25,26)14-27-20-9-7-17(8-10-20)11-16(3)23-13-21(24)18-5-4-6-19(22)12-18/h4-10,12,15-16,21,23-24H,11,13-14H2,1-3H3,(H,25,26). The number of benzene rings is 2. The third-order valence-corrected chi connectivity index (χ3v) is 5.57. The van der Waals surface area contributed by atoms with E-state index in [1.54, 1.807) is 38.1 Å². The van der Waals surface area contributed by atoms with Gasteiger partial charge in [-0.15, -0.1) is 0 Å². The number of nitrogens with one attached hydrogen (secondary N) is 1. The zero-order valence-electron chi connectivity index (χ0n) is 16.9. The summed E-state index contributed by atoms with van der Waals surface area (Å²) in [5, 5.41) is 14.2. The minimum atomic E-state index is -3.76. The smallest absolute Gasteiger partial charge is 0.365 e. The largest absolute Gasteiger partial charge is 0.481 e. The van der Waals surface area contributed by atoms with Gasteiger partial charge in [0, 0.05) is 17.6 Å². The SMILES string of the molecule is CC(Cc1ccc(OCP(=O)(O)OC(C)C)cc1)NCC(O)c1cccc(Cl)c1. The summed E-state index contributed by atoms with van der Waals surface area (Å²) in [5.41, 5.74) is 1.86. The molecule has 3 atom stereocenters. The third kappa shape index (κ3) is 8.87. The van der Waals surface area contributed by atoms with Gasteiger partial charge in [-0.05, 0) is 62.6 Å². The van der Waals surface area contributed by atoms with Crippen LogP contribution in [0.1, 0.15) is 38.0 Å². The molecule has 0 aromatic heterocycles. The minimum Gasteiger partial charge on any atom is -0.481 e. The van der Waals surface area contributed by atoms with Gasteiger partial charge >= 0.3 is 7.60 Å². The maximum absolute atomic E-state index is 11.8. The number of halogens is 1. The van der Waals surface area contributed by atoms with Crippen molar-refractivity contribution in [2.75, 3.05) is 12.9 Å². The van der Waals surface area contributed by atoms with Crippen molar-refractivity contribution < 1.29 is 23.8 Å². The van der Waals surface area contributed by atoms with E-state index in [2.05, 4.69) is 5.32 Å². The first-order chi connectivity index (χ1) is 13.6. The minimum absolute atomic E-state index is 0.146. The van der Waals surface area contributed by atoms with E-state index in [0.29, 0.717) is 17.3 Å². The molecule has 0 aliphatic carbocycles. The summed E-state index contributed by atoms with van der Waals surface area (Å²) in [6.45, 7) is 5.85. The normalized spacial score (nSPS) is 15.7. The van der Waals surface area contributed by atoms with E-state index in [1.807, 2.05) is 31.2 Å². The van der Waals surface area contributed by atoms with Crippen molar-refractivity contribution in [2.45, 2.75) is 45.4 Å². The molecule has 0 aliphatic rings. The Bertz CT molecular complexity index is 815. The van der Waals surface area contributed by atoms with Crippen molar-refractivity contribution in [3.05, 3.63) is 64.7 Å². The fourth-order valence-corrected chi connectivity index (χ4v) is 4.04.